The molecule has 3 saturated heterocycles. The van der Waals surface area contributed by atoms with Gasteiger partial charge in [-0.2, -0.15) is 18.0 Å². The summed E-state index contributed by atoms with van der Waals surface area (Å²) in [6.45, 7) is 4.20. The molecule has 3 aromatic carbocycles. The van der Waals surface area contributed by atoms with E-state index in [1.54, 1.807) is 31.3 Å². The third kappa shape index (κ3) is 8.65. The number of piperidine rings is 2. The van der Waals surface area contributed by atoms with Crippen LogP contribution in [0, 0.1) is 23.0 Å². The highest BCUT2D eigenvalue weighted by Gasteiger charge is 2.45. The third-order valence-electron chi connectivity index (χ3n) is 12.6. The Morgan fingerprint density at radius 1 is 1.02 bits per heavy atom. The number of nitriles is 1. The van der Waals surface area contributed by atoms with E-state index in [4.69, 9.17) is 14.5 Å². The summed E-state index contributed by atoms with van der Waals surface area (Å²) >= 11 is 0. The van der Waals surface area contributed by atoms with Crippen molar-refractivity contribution in [3.05, 3.63) is 83.2 Å². The van der Waals surface area contributed by atoms with E-state index in [0.29, 0.717) is 41.4 Å². The van der Waals surface area contributed by atoms with E-state index in [1.165, 1.54) is 19.2 Å². The van der Waals surface area contributed by atoms with Crippen molar-refractivity contribution in [2.24, 2.45) is 0 Å². The van der Waals surface area contributed by atoms with E-state index in [1.807, 2.05) is 18.2 Å². The Kier molecular flexibility index (Phi) is 11.7. The van der Waals surface area contributed by atoms with Crippen LogP contribution in [-0.2, 0) is 24.5 Å². The molecule has 1 unspecified atom stereocenters. The van der Waals surface area contributed by atoms with Gasteiger partial charge in [0.15, 0.2) is 11.6 Å². The predicted octanol–water partition coefficient (Wildman–Crippen LogP) is 6.46. The molecule has 4 aromatic rings. The number of hydrogen-bond donors (Lipinski definition) is 3. The lowest BCUT2D eigenvalue weighted by atomic mass is 9.79. The molecule has 4 fully saturated rings. The number of benzene rings is 3. The molecule has 8 rings (SSSR count). The first kappa shape index (κ1) is 41.5. The van der Waals surface area contributed by atoms with Crippen LogP contribution in [0.4, 0.5) is 20.2 Å². The Balaban J connectivity index is 0.860. The predicted molar refractivity (Wildman–Crippen MR) is 220 cm³/mol. The van der Waals surface area contributed by atoms with Crippen molar-refractivity contribution in [2.45, 2.75) is 94.2 Å². The average molecular weight is 843 g/mol. The standard InChI is InChI=1S/C43H48F2N8O6S/c1-3-52(2)60(56,57)51-35-13-11-33(44)41(32(35)23-46)59-30-9-12-36-38(21-30)49-39(24-47-36)27-22-43(58-25-27)16-18-53(19-17-43)29-7-4-26(5-8-29)31-10-6-28(20-34(31)45)48-37-14-15-40(54)50-42(37)55/h6,9-13,20-21,24,26-27,29,37,48,51H,3-5,7-8,14-19,22,25H2,1-2H3,(H,50,54,55)/t26?,27-,29?,37?/m1/s1. The van der Waals surface area contributed by atoms with Gasteiger partial charge in [-0.25, -0.2) is 13.8 Å². The van der Waals surface area contributed by atoms with Gasteiger partial charge in [0.25, 0.3) is 0 Å². The van der Waals surface area contributed by atoms with E-state index >= 15 is 8.78 Å². The lowest BCUT2D eigenvalue weighted by Gasteiger charge is -2.44. The summed E-state index contributed by atoms with van der Waals surface area (Å²) in [5.41, 5.74) is 2.50. The van der Waals surface area contributed by atoms with Crippen LogP contribution in [0.1, 0.15) is 93.4 Å². The number of hydrogen-bond acceptors (Lipinski definition) is 11. The number of likely N-dealkylation sites (tertiary alicyclic amines) is 1. The summed E-state index contributed by atoms with van der Waals surface area (Å²) in [5, 5.41) is 15.3. The summed E-state index contributed by atoms with van der Waals surface area (Å²) in [6.07, 6.45) is 8.78. The van der Waals surface area contributed by atoms with Gasteiger partial charge >= 0.3 is 10.2 Å². The van der Waals surface area contributed by atoms with Gasteiger partial charge in [0.05, 0.1) is 34.6 Å². The van der Waals surface area contributed by atoms with Crippen LogP contribution in [0.5, 0.6) is 11.5 Å². The SMILES string of the molecule is CCN(C)S(=O)(=O)Nc1ccc(F)c(Oc2ccc3ncc([C@H]4COC5(CCN(C6CCC(c7ccc(NC8CCC(=O)NC8=O)cc7F)CC6)CC5)C4)nc3c2)c1C#N. The molecular formula is C43H48F2N8O6S. The average Bonchev–Trinajstić information content (AvgIpc) is 3.66. The molecule has 3 aliphatic heterocycles. The number of imide groups is 1. The Morgan fingerprint density at radius 2 is 1.80 bits per heavy atom. The summed E-state index contributed by atoms with van der Waals surface area (Å²) in [5.74, 6) is -1.81. The number of nitrogens with one attached hydrogen (secondary N) is 3. The van der Waals surface area contributed by atoms with Crippen molar-refractivity contribution in [2.75, 3.05) is 43.3 Å². The minimum absolute atomic E-state index is 0.0302. The Hall–Kier alpha value is -5.28. The molecule has 1 aliphatic carbocycles. The maximum Gasteiger partial charge on any atom is 0.301 e. The molecule has 1 aromatic heterocycles. The van der Waals surface area contributed by atoms with Crippen LogP contribution >= 0.6 is 0 Å². The Bertz CT molecular complexity index is 2450. The van der Waals surface area contributed by atoms with Gasteiger partial charge in [-0.15, -0.1) is 0 Å². The zero-order chi connectivity index (χ0) is 42.2. The largest absolute Gasteiger partial charge is 0.453 e. The number of halogens is 2. The van der Waals surface area contributed by atoms with Crippen LogP contribution < -0.4 is 20.1 Å². The summed E-state index contributed by atoms with van der Waals surface area (Å²) in [7, 11) is -2.59. The molecule has 0 bridgehead atoms. The van der Waals surface area contributed by atoms with Gasteiger partial charge in [-0.3, -0.25) is 24.6 Å². The minimum Gasteiger partial charge on any atom is -0.453 e. The molecule has 0 radical (unpaired) electrons. The topological polar surface area (TPSA) is 179 Å². The second kappa shape index (κ2) is 17.0. The van der Waals surface area contributed by atoms with E-state index in [0.717, 1.165) is 74.1 Å². The van der Waals surface area contributed by atoms with Crippen molar-refractivity contribution in [1.82, 2.24) is 24.5 Å². The second-order valence-electron chi connectivity index (χ2n) is 16.3. The van der Waals surface area contributed by atoms with Crippen molar-refractivity contribution in [3.63, 3.8) is 0 Å². The molecule has 17 heteroatoms. The van der Waals surface area contributed by atoms with E-state index in [-0.39, 0.29) is 65.0 Å². The lowest BCUT2D eigenvalue weighted by molar-refractivity contribution is -0.133. The zero-order valence-electron chi connectivity index (χ0n) is 33.5. The first-order chi connectivity index (χ1) is 28.8. The molecule has 60 heavy (non-hydrogen) atoms. The highest BCUT2D eigenvalue weighted by Crippen LogP contribution is 2.45. The van der Waals surface area contributed by atoms with Crippen LogP contribution in [0.15, 0.2) is 54.7 Å². The van der Waals surface area contributed by atoms with Crippen molar-refractivity contribution in [1.29, 1.82) is 5.26 Å². The maximum absolute atomic E-state index is 15.3. The third-order valence-corrected chi connectivity index (χ3v) is 14.2. The monoisotopic (exact) mass is 842 g/mol. The molecule has 2 amide bonds. The van der Waals surface area contributed by atoms with Crippen LogP contribution in [0.3, 0.4) is 0 Å². The van der Waals surface area contributed by atoms with Gasteiger partial charge in [0.1, 0.15) is 29.2 Å². The van der Waals surface area contributed by atoms with Crippen molar-refractivity contribution in [3.8, 4) is 17.6 Å². The van der Waals surface area contributed by atoms with Crippen LogP contribution in [-0.4, -0.2) is 90.4 Å². The number of anilines is 2. The molecule has 2 atom stereocenters. The quantitative estimate of drug-likeness (QED) is 0.141. The Morgan fingerprint density at radius 3 is 2.52 bits per heavy atom. The first-order valence-electron chi connectivity index (χ1n) is 20.5. The number of carbonyl (C=O) groups is 2. The fourth-order valence-corrected chi connectivity index (χ4v) is 9.98. The molecular weight excluding hydrogens is 795 g/mol. The van der Waals surface area contributed by atoms with Crippen LogP contribution in [0.25, 0.3) is 11.0 Å². The summed E-state index contributed by atoms with van der Waals surface area (Å²) in [6, 6.07) is 14.0. The fourth-order valence-electron chi connectivity index (χ4n) is 9.04. The molecule has 4 aliphatic rings. The zero-order valence-corrected chi connectivity index (χ0v) is 34.4. The summed E-state index contributed by atoms with van der Waals surface area (Å²) in [4.78, 5) is 35.7. The molecule has 14 nitrogen and oxygen atoms in total. The number of aromatic nitrogens is 2. The van der Waals surface area contributed by atoms with Gasteiger partial charge in [0.2, 0.25) is 11.8 Å². The van der Waals surface area contributed by atoms with Gasteiger partial charge in [0, 0.05) is 63.0 Å². The molecule has 4 heterocycles. The number of rotatable bonds is 11. The molecule has 316 valence electrons. The normalized spacial score (nSPS) is 23.4. The number of fused-ring (bicyclic) bond motifs is 1. The smallest absolute Gasteiger partial charge is 0.301 e. The lowest BCUT2D eigenvalue weighted by Crippen LogP contribution is -2.48. The fraction of sp³-hybridized carbons (Fsp3) is 0.465. The van der Waals surface area contributed by atoms with Gasteiger partial charge in [-0.05, 0) is 99.2 Å². The molecule has 1 spiro atoms. The minimum atomic E-state index is -3.98. The number of nitrogens with zero attached hydrogens (tertiary/aromatic N) is 5. The maximum atomic E-state index is 15.3. The number of carbonyl (C=O) groups excluding carboxylic acids is 2. The second-order valence-corrected chi connectivity index (χ2v) is 18.1. The van der Waals surface area contributed by atoms with Crippen LogP contribution in [0.2, 0.25) is 0 Å². The number of amides is 2. The highest BCUT2D eigenvalue weighted by molar-refractivity contribution is 7.90. The van der Waals surface area contributed by atoms with E-state index in [2.05, 4.69) is 25.2 Å². The summed E-state index contributed by atoms with van der Waals surface area (Å²) < 4.78 is 71.6. The van der Waals surface area contributed by atoms with Crippen molar-refractivity contribution < 1.29 is 36.3 Å². The highest BCUT2D eigenvalue weighted by atomic mass is 32.2. The molecule has 3 N–H and O–H groups in total. The van der Waals surface area contributed by atoms with E-state index in [9.17, 15) is 23.3 Å². The first-order valence-corrected chi connectivity index (χ1v) is 22.0. The Labute approximate surface area is 347 Å². The van der Waals surface area contributed by atoms with Crippen molar-refractivity contribution >= 4 is 44.4 Å². The van der Waals surface area contributed by atoms with Gasteiger partial charge < -0.3 is 19.7 Å². The molecule has 1 saturated carbocycles. The van der Waals surface area contributed by atoms with E-state index < -0.39 is 27.8 Å². The van der Waals surface area contributed by atoms with Gasteiger partial charge in [-0.1, -0.05) is 13.0 Å². The number of ether oxygens (including phenoxy) is 2.